The van der Waals surface area contributed by atoms with Crippen LogP contribution in [0.3, 0.4) is 0 Å². The summed E-state index contributed by atoms with van der Waals surface area (Å²) in [6.07, 6.45) is 6.53. The fourth-order valence-corrected chi connectivity index (χ4v) is 3.47. The maximum atomic E-state index is 5.36. The second-order valence-corrected chi connectivity index (χ2v) is 6.12. The minimum atomic E-state index is 0.453. The molecule has 0 saturated carbocycles. The van der Waals surface area contributed by atoms with Crippen LogP contribution in [-0.2, 0) is 12.8 Å². The number of methoxy groups -OCH3 is 1. The molecular formula is C16H20N2OS. The van der Waals surface area contributed by atoms with Crippen LogP contribution in [0.2, 0.25) is 0 Å². The summed E-state index contributed by atoms with van der Waals surface area (Å²) in [6.45, 7) is 0.981. The number of nitrogens with zero attached hydrogens (tertiary/aromatic N) is 1. The van der Waals surface area contributed by atoms with Gasteiger partial charge in [-0.2, -0.15) is 0 Å². The molecule has 2 aromatic rings. The van der Waals surface area contributed by atoms with Crippen LogP contribution in [0.1, 0.15) is 35.0 Å². The SMILES string of the molecule is COc1ccc2c(c1)C(NCCc1nccs1)CCC2. The van der Waals surface area contributed by atoms with E-state index in [0.29, 0.717) is 6.04 Å². The van der Waals surface area contributed by atoms with Crippen LogP contribution < -0.4 is 10.1 Å². The molecule has 3 rings (SSSR count). The molecule has 1 atom stereocenters. The fourth-order valence-electron chi connectivity index (χ4n) is 2.85. The molecule has 1 heterocycles. The van der Waals surface area contributed by atoms with E-state index in [9.17, 15) is 0 Å². The molecule has 1 unspecified atom stereocenters. The van der Waals surface area contributed by atoms with E-state index in [1.165, 1.54) is 35.4 Å². The molecule has 1 aliphatic carbocycles. The van der Waals surface area contributed by atoms with Crippen LogP contribution in [0.4, 0.5) is 0 Å². The Morgan fingerprint density at radius 3 is 3.20 bits per heavy atom. The smallest absolute Gasteiger partial charge is 0.119 e. The van der Waals surface area contributed by atoms with Crippen LogP contribution in [-0.4, -0.2) is 18.6 Å². The van der Waals surface area contributed by atoms with Crippen molar-refractivity contribution in [1.29, 1.82) is 0 Å². The van der Waals surface area contributed by atoms with Gasteiger partial charge in [0.15, 0.2) is 0 Å². The first-order chi connectivity index (χ1) is 9.86. The quantitative estimate of drug-likeness (QED) is 0.916. The monoisotopic (exact) mass is 288 g/mol. The number of thiazole rings is 1. The number of rotatable bonds is 5. The topological polar surface area (TPSA) is 34.1 Å². The Balaban J connectivity index is 1.66. The molecule has 0 bridgehead atoms. The van der Waals surface area contributed by atoms with Crippen LogP contribution in [0, 0.1) is 0 Å². The highest BCUT2D eigenvalue weighted by molar-refractivity contribution is 7.09. The van der Waals surface area contributed by atoms with Gasteiger partial charge in [-0.1, -0.05) is 6.07 Å². The van der Waals surface area contributed by atoms with Gasteiger partial charge in [0.2, 0.25) is 0 Å². The molecule has 0 aliphatic heterocycles. The average Bonchev–Trinajstić information content (AvgIpc) is 3.00. The maximum Gasteiger partial charge on any atom is 0.119 e. The number of hydrogen-bond acceptors (Lipinski definition) is 4. The summed E-state index contributed by atoms with van der Waals surface area (Å²) in [5.74, 6) is 0.956. The van der Waals surface area contributed by atoms with Gasteiger partial charge in [0, 0.05) is 30.6 Å². The molecule has 0 amide bonds. The summed E-state index contributed by atoms with van der Waals surface area (Å²) in [4.78, 5) is 4.33. The number of hydrogen-bond donors (Lipinski definition) is 1. The first-order valence-electron chi connectivity index (χ1n) is 7.15. The maximum absolute atomic E-state index is 5.36. The Morgan fingerprint density at radius 2 is 2.40 bits per heavy atom. The zero-order valence-electron chi connectivity index (χ0n) is 11.8. The summed E-state index contributed by atoms with van der Waals surface area (Å²) in [5.41, 5.74) is 2.87. The van der Waals surface area contributed by atoms with Crippen molar-refractivity contribution in [2.45, 2.75) is 31.7 Å². The van der Waals surface area contributed by atoms with E-state index in [2.05, 4.69) is 28.5 Å². The predicted molar refractivity (Wildman–Crippen MR) is 82.5 cm³/mol. The molecule has 20 heavy (non-hydrogen) atoms. The third-order valence-corrected chi connectivity index (χ3v) is 4.72. The van der Waals surface area contributed by atoms with Gasteiger partial charge in [-0.3, -0.25) is 0 Å². The molecule has 1 aliphatic rings. The summed E-state index contributed by atoms with van der Waals surface area (Å²) in [5, 5.41) is 6.92. The van der Waals surface area contributed by atoms with Gasteiger partial charge < -0.3 is 10.1 Å². The summed E-state index contributed by atoms with van der Waals surface area (Å²) in [6, 6.07) is 6.92. The van der Waals surface area contributed by atoms with E-state index in [4.69, 9.17) is 4.74 Å². The number of aryl methyl sites for hydroxylation is 1. The van der Waals surface area contributed by atoms with E-state index in [-0.39, 0.29) is 0 Å². The number of benzene rings is 1. The van der Waals surface area contributed by atoms with Crippen molar-refractivity contribution in [3.05, 3.63) is 45.9 Å². The van der Waals surface area contributed by atoms with E-state index >= 15 is 0 Å². The van der Waals surface area contributed by atoms with Crippen molar-refractivity contribution in [2.75, 3.05) is 13.7 Å². The Kier molecular flexibility index (Phi) is 4.33. The molecule has 1 aromatic carbocycles. The number of aromatic nitrogens is 1. The van der Waals surface area contributed by atoms with Gasteiger partial charge in [-0.05, 0) is 42.5 Å². The lowest BCUT2D eigenvalue weighted by atomic mass is 9.87. The molecule has 1 aromatic heterocycles. The molecule has 4 heteroatoms. The number of ether oxygens (including phenoxy) is 1. The van der Waals surface area contributed by atoms with Crippen LogP contribution in [0.5, 0.6) is 5.75 Å². The van der Waals surface area contributed by atoms with Crippen molar-refractivity contribution in [3.63, 3.8) is 0 Å². The third-order valence-electron chi connectivity index (χ3n) is 3.88. The standard InChI is InChI=1S/C16H20N2OS/c1-19-13-6-5-12-3-2-4-15(14(12)11-13)17-8-7-16-18-9-10-20-16/h5-6,9-11,15,17H,2-4,7-8H2,1H3. The number of nitrogens with one attached hydrogen (secondary N) is 1. The highest BCUT2D eigenvalue weighted by atomic mass is 32.1. The van der Waals surface area contributed by atoms with Gasteiger partial charge in [0.25, 0.3) is 0 Å². The van der Waals surface area contributed by atoms with Gasteiger partial charge >= 0.3 is 0 Å². The summed E-state index contributed by atoms with van der Waals surface area (Å²) in [7, 11) is 1.73. The minimum absolute atomic E-state index is 0.453. The third kappa shape index (κ3) is 3.02. The molecule has 3 nitrogen and oxygen atoms in total. The fraction of sp³-hybridized carbons (Fsp3) is 0.438. The van der Waals surface area contributed by atoms with Crippen molar-refractivity contribution in [1.82, 2.24) is 10.3 Å². The van der Waals surface area contributed by atoms with Gasteiger partial charge in [0.05, 0.1) is 12.1 Å². The minimum Gasteiger partial charge on any atom is -0.497 e. The van der Waals surface area contributed by atoms with Gasteiger partial charge in [0.1, 0.15) is 5.75 Å². The molecule has 0 spiro atoms. The second-order valence-electron chi connectivity index (χ2n) is 5.14. The average molecular weight is 288 g/mol. The zero-order valence-corrected chi connectivity index (χ0v) is 12.6. The summed E-state index contributed by atoms with van der Waals surface area (Å²) >= 11 is 1.73. The Bertz CT molecular complexity index is 554. The summed E-state index contributed by atoms with van der Waals surface area (Å²) < 4.78 is 5.36. The Labute approximate surface area is 124 Å². The highest BCUT2D eigenvalue weighted by Crippen LogP contribution is 2.32. The van der Waals surface area contributed by atoms with Crippen molar-refractivity contribution in [2.24, 2.45) is 0 Å². The molecular weight excluding hydrogens is 268 g/mol. The van der Waals surface area contributed by atoms with Crippen molar-refractivity contribution in [3.8, 4) is 5.75 Å². The van der Waals surface area contributed by atoms with E-state index in [1.807, 2.05) is 11.6 Å². The second kappa shape index (κ2) is 6.37. The predicted octanol–water partition coefficient (Wildman–Crippen LogP) is 3.36. The van der Waals surface area contributed by atoms with Crippen LogP contribution >= 0.6 is 11.3 Å². The molecule has 1 N–H and O–H groups in total. The van der Waals surface area contributed by atoms with Crippen molar-refractivity contribution >= 4 is 11.3 Å². The molecule has 0 saturated heterocycles. The largest absolute Gasteiger partial charge is 0.497 e. The zero-order chi connectivity index (χ0) is 13.8. The Hall–Kier alpha value is -1.39. The van der Waals surface area contributed by atoms with Crippen molar-refractivity contribution < 1.29 is 4.74 Å². The molecule has 0 radical (unpaired) electrons. The molecule has 106 valence electrons. The van der Waals surface area contributed by atoms with E-state index < -0.39 is 0 Å². The lowest BCUT2D eigenvalue weighted by Crippen LogP contribution is -2.27. The molecule has 0 fully saturated rings. The highest BCUT2D eigenvalue weighted by Gasteiger charge is 2.20. The first kappa shape index (κ1) is 13.6. The number of fused-ring (bicyclic) bond motifs is 1. The van der Waals surface area contributed by atoms with E-state index in [1.54, 1.807) is 18.4 Å². The normalized spacial score (nSPS) is 17.8. The lowest BCUT2D eigenvalue weighted by Gasteiger charge is -2.27. The van der Waals surface area contributed by atoms with Crippen LogP contribution in [0.15, 0.2) is 29.8 Å². The van der Waals surface area contributed by atoms with Gasteiger partial charge in [-0.15, -0.1) is 11.3 Å². The first-order valence-corrected chi connectivity index (χ1v) is 8.03. The van der Waals surface area contributed by atoms with Crippen LogP contribution in [0.25, 0.3) is 0 Å². The Morgan fingerprint density at radius 1 is 1.45 bits per heavy atom. The lowest BCUT2D eigenvalue weighted by molar-refractivity contribution is 0.409. The van der Waals surface area contributed by atoms with E-state index in [0.717, 1.165) is 18.7 Å². The van der Waals surface area contributed by atoms with Gasteiger partial charge in [-0.25, -0.2) is 4.98 Å².